The van der Waals surface area contributed by atoms with Crippen LogP contribution in [0.25, 0.3) is 10.7 Å². The summed E-state index contributed by atoms with van der Waals surface area (Å²) >= 11 is 2.83. The summed E-state index contributed by atoms with van der Waals surface area (Å²) in [5.41, 5.74) is 0.878. The van der Waals surface area contributed by atoms with E-state index >= 15 is 0 Å². The van der Waals surface area contributed by atoms with E-state index in [1.54, 1.807) is 25.5 Å². The lowest BCUT2D eigenvalue weighted by atomic mass is 10.2. The Hall–Kier alpha value is -2.85. The molecule has 0 aliphatic carbocycles. The van der Waals surface area contributed by atoms with Gasteiger partial charge in [-0.25, -0.2) is 0 Å². The number of ether oxygens (including phenoxy) is 2. The number of benzene rings is 1. The maximum absolute atomic E-state index is 12.3. The van der Waals surface area contributed by atoms with Gasteiger partial charge in [0.25, 0.3) is 5.91 Å². The average molecular weight is 461 g/mol. The van der Waals surface area contributed by atoms with Gasteiger partial charge in [0.1, 0.15) is 5.75 Å². The molecule has 164 valence electrons. The van der Waals surface area contributed by atoms with E-state index in [9.17, 15) is 9.59 Å². The molecule has 3 rings (SSSR count). The quantitative estimate of drug-likeness (QED) is 0.339. The number of aromatic nitrogens is 3. The van der Waals surface area contributed by atoms with Crippen LogP contribution in [0.3, 0.4) is 0 Å². The lowest BCUT2D eigenvalue weighted by Gasteiger charge is -2.18. The summed E-state index contributed by atoms with van der Waals surface area (Å²) in [6.07, 6.45) is 0. The molecule has 0 unspecified atom stereocenters. The number of thioether (sulfide) groups is 1. The van der Waals surface area contributed by atoms with Crippen LogP contribution >= 0.6 is 23.1 Å². The minimum absolute atomic E-state index is 0.0477. The third kappa shape index (κ3) is 5.86. The molecule has 0 aliphatic heterocycles. The van der Waals surface area contributed by atoms with E-state index in [1.807, 2.05) is 53.3 Å². The minimum Gasteiger partial charge on any atom is -0.496 e. The summed E-state index contributed by atoms with van der Waals surface area (Å²) in [6.45, 7) is 2.73. The van der Waals surface area contributed by atoms with Crippen molar-refractivity contribution in [1.82, 2.24) is 19.7 Å². The van der Waals surface area contributed by atoms with Crippen LogP contribution in [0, 0.1) is 0 Å². The fourth-order valence-electron chi connectivity index (χ4n) is 2.86. The molecule has 31 heavy (non-hydrogen) atoms. The second-order valence-electron chi connectivity index (χ2n) is 6.54. The Morgan fingerprint density at radius 3 is 2.71 bits per heavy atom. The smallest absolute Gasteiger partial charge is 0.316 e. The van der Waals surface area contributed by atoms with Crippen molar-refractivity contribution in [3.63, 3.8) is 0 Å². The SMILES string of the molecule is CCn1c(SCC(=O)OCC(=O)N(C)Cc2ccccc2OC)nnc1-c1cccs1. The zero-order valence-electron chi connectivity index (χ0n) is 17.6. The van der Waals surface area contributed by atoms with Crippen molar-refractivity contribution >= 4 is 35.0 Å². The topological polar surface area (TPSA) is 86.5 Å². The number of methoxy groups -OCH3 is 1. The molecule has 0 spiro atoms. The Morgan fingerprint density at radius 2 is 2.00 bits per heavy atom. The van der Waals surface area contributed by atoms with Crippen molar-refractivity contribution in [2.75, 3.05) is 26.5 Å². The third-order valence-electron chi connectivity index (χ3n) is 4.48. The van der Waals surface area contributed by atoms with Gasteiger partial charge in [0, 0.05) is 25.7 Å². The van der Waals surface area contributed by atoms with Crippen LogP contribution in [-0.4, -0.2) is 58.1 Å². The highest BCUT2D eigenvalue weighted by molar-refractivity contribution is 7.99. The molecule has 0 aliphatic rings. The number of rotatable bonds is 10. The predicted octanol–water partition coefficient (Wildman–Crippen LogP) is 3.33. The molecule has 10 heteroatoms. The number of carbonyl (C=O) groups is 2. The monoisotopic (exact) mass is 460 g/mol. The lowest BCUT2D eigenvalue weighted by molar-refractivity contribution is -0.149. The fraction of sp³-hybridized carbons (Fsp3) is 0.333. The van der Waals surface area contributed by atoms with E-state index in [4.69, 9.17) is 9.47 Å². The highest BCUT2D eigenvalue weighted by Crippen LogP contribution is 2.27. The van der Waals surface area contributed by atoms with Crippen LogP contribution < -0.4 is 4.74 Å². The molecule has 0 saturated carbocycles. The van der Waals surface area contributed by atoms with E-state index < -0.39 is 5.97 Å². The standard InChI is InChI=1S/C21H24N4O4S2/c1-4-25-20(17-10-7-11-30-17)22-23-21(25)31-14-19(27)29-13-18(26)24(2)12-15-8-5-6-9-16(15)28-3/h5-11H,4,12-14H2,1-3H3. The largest absolute Gasteiger partial charge is 0.496 e. The molecule has 0 atom stereocenters. The second kappa shape index (κ2) is 11.0. The molecule has 8 nitrogen and oxygen atoms in total. The summed E-state index contributed by atoms with van der Waals surface area (Å²) < 4.78 is 12.4. The summed E-state index contributed by atoms with van der Waals surface area (Å²) in [6, 6.07) is 11.4. The van der Waals surface area contributed by atoms with Gasteiger partial charge in [0.2, 0.25) is 0 Å². The van der Waals surface area contributed by atoms with Gasteiger partial charge in [0.05, 0.1) is 17.7 Å². The molecule has 0 bridgehead atoms. The van der Waals surface area contributed by atoms with Gasteiger partial charge < -0.3 is 18.9 Å². The minimum atomic E-state index is -0.479. The number of hydrogen-bond donors (Lipinski definition) is 0. The first-order valence-corrected chi connectivity index (χ1v) is 11.5. The third-order valence-corrected chi connectivity index (χ3v) is 6.28. The maximum Gasteiger partial charge on any atom is 0.316 e. The highest BCUT2D eigenvalue weighted by Gasteiger charge is 2.17. The van der Waals surface area contributed by atoms with Crippen molar-refractivity contribution in [2.45, 2.75) is 25.2 Å². The fourth-order valence-corrected chi connectivity index (χ4v) is 4.38. The first-order chi connectivity index (χ1) is 15.0. The summed E-state index contributed by atoms with van der Waals surface area (Å²) in [5, 5.41) is 11.1. The van der Waals surface area contributed by atoms with Gasteiger partial charge in [0.15, 0.2) is 17.6 Å². The summed E-state index contributed by atoms with van der Waals surface area (Å²) in [4.78, 5) is 27.0. The van der Waals surface area contributed by atoms with Crippen LogP contribution in [0.1, 0.15) is 12.5 Å². The number of thiophene rings is 1. The Balaban J connectivity index is 1.48. The number of esters is 1. The second-order valence-corrected chi connectivity index (χ2v) is 8.43. The maximum atomic E-state index is 12.3. The number of carbonyl (C=O) groups excluding carboxylic acids is 2. The van der Waals surface area contributed by atoms with Crippen molar-refractivity contribution in [3.05, 3.63) is 47.3 Å². The first-order valence-electron chi connectivity index (χ1n) is 9.64. The van der Waals surface area contributed by atoms with Crippen molar-refractivity contribution in [3.8, 4) is 16.5 Å². The molecule has 2 aromatic heterocycles. The van der Waals surface area contributed by atoms with E-state index in [2.05, 4.69) is 10.2 Å². The van der Waals surface area contributed by atoms with E-state index in [1.165, 1.54) is 16.7 Å². The van der Waals surface area contributed by atoms with Crippen molar-refractivity contribution in [2.24, 2.45) is 0 Å². The van der Waals surface area contributed by atoms with Crippen molar-refractivity contribution < 1.29 is 19.1 Å². The first kappa shape index (κ1) is 22.8. The average Bonchev–Trinajstić information content (AvgIpc) is 3.45. The Morgan fingerprint density at radius 1 is 1.19 bits per heavy atom. The number of para-hydroxylation sites is 1. The molecule has 1 amide bonds. The Bertz CT molecular complexity index is 1020. The van der Waals surface area contributed by atoms with Crippen LogP contribution in [0.5, 0.6) is 5.75 Å². The summed E-state index contributed by atoms with van der Waals surface area (Å²) in [7, 11) is 3.25. The van der Waals surface area contributed by atoms with Gasteiger partial charge in [-0.2, -0.15) is 0 Å². The highest BCUT2D eigenvalue weighted by atomic mass is 32.2. The zero-order valence-corrected chi connectivity index (χ0v) is 19.2. The van der Waals surface area contributed by atoms with Gasteiger partial charge in [-0.3, -0.25) is 9.59 Å². The predicted molar refractivity (Wildman–Crippen MR) is 120 cm³/mol. The van der Waals surface area contributed by atoms with Gasteiger partial charge in [-0.05, 0) is 24.4 Å². The number of nitrogens with zero attached hydrogens (tertiary/aromatic N) is 4. The summed E-state index contributed by atoms with van der Waals surface area (Å²) in [5.74, 6) is 0.763. The van der Waals surface area contributed by atoms with Crippen molar-refractivity contribution in [1.29, 1.82) is 0 Å². The molecule has 0 saturated heterocycles. The Kier molecular flexibility index (Phi) is 8.07. The molecule has 1 aromatic carbocycles. The number of likely N-dealkylation sites (N-methyl/N-ethyl adjacent to an activating group) is 1. The van der Waals surface area contributed by atoms with E-state index in [0.717, 1.165) is 16.3 Å². The van der Waals surface area contributed by atoms with Gasteiger partial charge in [-0.15, -0.1) is 21.5 Å². The molecule has 0 radical (unpaired) electrons. The molecular weight excluding hydrogens is 436 g/mol. The molecule has 3 aromatic rings. The Labute approximate surface area is 189 Å². The van der Waals surface area contributed by atoms with Crippen LogP contribution in [0.2, 0.25) is 0 Å². The molecule has 0 fully saturated rings. The van der Waals surface area contributed by atoms with Gasteiger partial charge in [-0.1, -0.05) is 36.0 Å². The normalized spacial score (nSPS) is 10.7. The van der Waals surface area contributed by atoms with E-state index in [0.29, 0.717) is 24.0 Å². The van der Waals surface area contributed by atoms with Crippen LogP contribution in [0.4, 0.5) is 0 Å². The molecular formula is C21H24N4O4S2. The lowest BCUT2D eigenvalue weighted by Crippen LogP contribution is -2.31. The zero-order chi connectivity index (χ0) is 22.2. The number of hydrogen-bond acceptors (Lipinski definition) is 8. The van der Waals surface area contributed by atoms with Crippen LogP contribution in [0.15, 0.2) is 46.9 Å². The van der Waals surface area contributed by atoms with E-state index in [-0.39, 0.29) is 18.3 Å². The number of amides is 1. The van der Waals surface area contributed by atoms with Gasteiger partial charge >= 0.3 is 5.97 Å². The molecule has 0 N–H and O–H groups in total. The molecule has 2 heterocycles. The van der Waals surface area contributed by atoms with Crippen LogP contribution in [-0.2, 0) is 27.4 Å².